The maximum absolute atomic E-state index is 12.2. The molecule has 0 unspecified atom stereocenters. The molecule has 6 nitrogen and oxygen atoms in total. The van der Waals surface area contributed by atoms with Crippen LogP contribution < -0.4 is 10.1 Å². The van der Waals surface area contributed by atoms with Crippen LogP contribution in [0.4, 0.5) is 11.4 Å². The molecule has 1 N–H and O–H groups in total. The van der Waals surface area contributed by atoms with E-state index in [-0.39, 0.29) is 11.4 Å². The molecule has 0 aliphatic heterocycles. The number of nitrogens with one attached hydrogen (secondary N) is 1. The summed E-state index contributed by atoms with van der Waals surface area (Å²) >= 11 is 5.87. The van der Waals surface area contributed by atoms with E-state index in [9.17, 15) is 14.9 Å². The summed E-state index contributed by atoms with van der Waals surface area (Å²) in [6.07, 6.45) is -0.824. The van der Waals surface area contributed by atoms with Crippen LogP contribution in [0.3, 0.4) is 0 Å². The summed E-state index contributed by atoms with van der Waals surface area (Å²) in [6, 6.07) is 11.0. The Morgan fingerprint density at radius 3 is 2.65 bits per heavy atom. The van der Waals surface area contributed by atoms with Gasteiger partial charge < -0.3 is 10.1 Å². The predicted octanol–water partition coefficient (Wildman–Crippen LogP) is 3.96. The molecule has 7 heteroatoms. The van der Waals surface area contributed by atoms with E-state index in [2.05, 4.69) is 5.32 Å². The molecule has 0 bridgehead atoms. The molecule has 0 aromatic heterocycles. The number of nitrogens with zero attached hydrogens (tertiary/aromatic N) is 1. The van der Waals surface area contributed by atoms with E-state index < -0.39 is 16.9 Å². The van der Waals surface area contributed by atoms with E-state index in [0.29, 0.717) is 10.8 Å². The lowest BCUT2D eigenvalue weighted by atomic mass is 10.2. The summed E-state index contributed by atoms with van der Waals surface area (Å²) in [6.45, 7) is 3.38. The van der Waals surface area contributed by atoms with Gasteiger partial charge in [-0.05, 0) is 43.7 Å². The molecule has 23 heavy (non-hydrogen) atoms. The van der Waals surface area contributed by atoms with Gasteiger partial charge in [-0.2, -0.15) is 0 Å². The van der Waals surface area contributed by atoms with Crippen LogP contribution in [0.1, 0.15) is 12.5 Å². The lowest BCUT2D eigenvalue weighted by molar-refractivity contribution is -0.383. The van der Waals surface area contributed by atoms with E-state index in [1.807, 2.05) is 6.92 Å². The second kappa shape index (κ2) is 7.11. The largest absolute Gasteiger partial charge is 0.481 e. The number of rotatable bonds is 5. The number of nitro groups is 1. The van der Waals surface area contributed by atoms with Crippen LogP contribution in [-0.4, -0.2) is 16.9 Å². The molecule has 2 aromatic rings. The number of para-hydroxylation sites is 2. The highest BCUT2D eigenvalue weighted by Gasteiger charge is 2.20. The summed E-state index contributed by atoms with van der Waals surface area (Å²) in [5.41, 5.74) is 0.754. The fourth-order valence-corrected chi connectivity index (χ4v) is 2.19. The van der Waals surface area contributed by atoms with Gasteiger partial charge in [-0.25, -0.2) is 0 Å². The van der Waals surface area contributed by atoms with Gasteiger partial charge in [0.1, 0.15) is 11.4 Å². The van der Waals surface area contributed by atoms with Crippen molar-refractivity contribution in [2.45, 2.75) is 20.0 Å². The Morgan fingerprint density at radius 1 is 1.30 bits per heavy atom. The van der Waals surface area contributed by atoms with E-state index in [1.165, 1.54) is 18.2 Å². The zero-order valence-corrected chi connectivity index (χ0v) is 13.3. The average molecular weight is 335 g/mol. The molecule has 0 spiro atoms. The highest BCUT2D eigenvalue weighted by molar-refractivity contribution is 6.30. The molecule has 0 radical (unpaired) electrons. The Balaban J connectivity index is 2.10. The Bertz CT molecular complexity index is 749. The first-order valence-electron chi connectivity index (χ1n) is 6.85. The normalized spacial score (nSPS) is 11.6. The van der Waals surface area contributed by atoms with Gasteiger partial charge in [-0.15, -0.1) is 0 Å². The maximum Gasteiger partial charge on any atom is 0.292 e. The molecular weight excluding hydrogens is 320 g/mol. The third kappa shape index (κ3) is 4.20. The van der Waals surface area contributed by atoms with E-state index in [1.54, 1.807) is 31.2 Å². The molecule has 0 heterocycles. The third-order valence-electron chi connectivity index (χ3n) is 3.17. The summed E-state index contributed by atoms with van der Waals surface area (Å²) in [5, 5.41) is 14.0. The van der Waals surface area contributed by atoms with E-state index in [4.69, 9.17) is 16.3 Å². The highest BCUT2D eigenvalue weighted by Crippen LogP contribution is 2.25. The third-order valence-corrected chi connectivity index (χ3v) is 3.40. The second-order valence-electron chi connectivity index (χ2n) is 4.93. The van der Waals surface area contributed by atoms with Crippen molar-refractivity contribution in [3.63, 3.8) is 0 Å². The number of carbonyl (C=O) groups excluding carboxylic acids is 1. The number of hydrogen-bond acceptors (Lipinski definition) is 4. The minimum atomic E-state index is -0.824. The van der Waals surface area contributed by atoms with Crippen LogP contribution in [-0.2, 0) is 4.79 Å². The van der Waals surface area contributed by atoms with Gasteiger partial charge in [0.05, 0.1) is 4.92 Å². The molecular formula is C16H15ClN2O4. The molecule has 0 aliphatic rings. The van der Waals surface area contributed by atoms with Crippen LogP contribution in [0.2, 0.25) is 5.02 Å². The number of benzene rings is 2. The van der Waals surface area contributed by atoms with Crippen LogP contribution in [0, 0.1) is 17.0 Å². The van der Waals surface area contributed by atoms with Crippen molar-refractivity contribution in [3.8, 4) is 5.75 Å². The van der Waals surface area contributed by atoms with Gasteiger partial charge in [0.25, 0.3) is 11.6 Å². The quantitative estimate of drug-likeness (QED) is 0.662. The van der Waals surface area contributed by atoms with E-state index in [0.717, 1.165) is 5.56 Å². The lowest BCUT2D eigenvalue weighted by Gasteiger charge is -2.16. The second-order valence-corrected chi connectivity index (χ2v) is 5.37. The van der Waals surface area contributed by atoms with Crippen molar-refractivity contribution in [3.05, 3.63) is 63.2 Å². The maximum atomic E-state index is 12.2. The fraction of sp³-hybridized carbons (Fsp3) is 0.188. The van der Waals surface area contributed by atoms with Gasteiger partial charge in [-0.3, -0.25) is 14.9 Å². The first-order valence-corrected chi connectivity index (χ1v) is 7.23. The molecule has 0 fully saturated rings. The zero-order chi connectivity index (χ0) is 17.0. The number of nitro benzene ring substituents is 1. The van der Waals surface area contributed by atoms with Crippen molar-refractivity contribution < 1.29 is 14.5 Å². The summed E-state index contributed by atoms with van der Waals surface area (Å²) in [7, 11) is 0. The van der Waals surface area contributed by atoms with Crippen molar-refractivity contribution in [2.75, 3.05) is 5.32 Å². The number of carbonyl (C=O) groups is 1. The molecule has 2 aromatic carbocycles. The minimum absolute atomic E-state index is 0.130. The highest BCUT2D eigenvalue weighted by atomic mass is 35.5. The smallest absolute Gasteiger partial charge is 0.292 e. The Hall–Kier alpha value is -2.60. The molecule has 1 atom stereocenters. The summed E-state index contributed by atoms with van der Waals surface area (Å²) in [4.78, 5) is 22.6. The molecule has 120 valence electrons. The zero-order valence-electron chi connectivity index (χ0n) is 12.6. The Labute approximate surface area is 138 Å². The van der Waals surface area contributed by atoms with Gasteiger partial charge in [0.15, 0.2) is 6.10 Å². The molecule has 1 amide bonds. The van der Waals surface area contributed by atoms with Gasteiger partial charge in [0.2, 0.25) is 0 Å². The minimum Gasteiger partial charge on any atom is -0.481 e. The first kappa shape index (κ1) is 16.8. The van der Waals surface area contributed by atoms with Crippen LogP contribution in [0.15, 0.2) is 42.5 Å². The molecule has 2 rings (SSSR count). The topological polar surface area (TPSA) is 81.5 Å². The molecule has 0 saturated heterocycles. The number of aryl methyl sites for hydroxylation is 1. The number of amides is 1. The van der Waals surface area contributed by atoms with Crippen molar-refractivity contribution in [1.29, 1.82) is 0 Å². The average Bonchev–Trinajstić information content (AvgIpc) is 2.50. The molecule has 0 saturated carbocycles. The fourth-order valence-electron chi connectivity index (χ4n) is 1.96. The predicted molar refractivity (Wildman–Crippen MR) is 88.0 cm³/mol. The number of hydrogen-bond donors (Lipinski definition) is 1. The van der Waals surface area contributed by atoms with Crippen molar-refractivity contribution in [2.24, 2.45) is 0 Å². The summed E-state index contributed by atoms with van der Waals surface area (Å²) in [5.74, 6) is 0.0493. The van der Waals surface area contributed by atoms with Crippen LogP contribution in [0.25, 0.3) is 0 Å². The van der Waals surface area contributed by atoms with Gasteiger partial charge >= 0.3 is 0 Å². The first-order chi connectivity index (χ1) is 10.9. The van der Waals surface area contributed by atoms with Crippen LogP contribution >= 0.6 is 11.6 Å². The van der Waals surface area contributed by atoms with Gasteiger partial charge in [0, 0.05) is 11.1 Å². The Morgan fingerprint density at radius 2 is 2.00 bits per heavy atom. The molecule has 0 aliphatic carbocycles. The van der Waals surface area contributed by atoms with Gasteiger partial charge in [-0.1, -0.05) is 23.7 Å². The van der Waals surface area contributed by atoms with Crippen molar-refractivity contribution >= 4 is 28.9 Å². The lowest BCUT2D eigenvalue weighted by Crippen LogP contribution is -2.30. The van der Waals surface area contributed by atoms with Crippen LogP contribution in [0.5, 0.6) is 5.75 Å². The number of anilines is 1. The van der Waals surface area contributed by atoms with Crippen molar-refractivity contribution in [1.82, 2.24) is 0 Å². The standard InChI is InChI=1S/C16H15ClN2O4/c1-10-9-12(17)7-8-15(10)23-11(2)16(20)18-13-5-3-4-6-14(13)19(21)22/h3-9,11H,1-2H3,(H,18,20)/t11-/m0/s1. The Kier molecular flexibility index (Phi) is 5.18. The number of ether oxygens (including phenoxy) is 1. The summed E-state index contributed by atoms with van der Waals surface area (Å²) < 4.78 is 5.59. The monoisotopic (exact) mass is 334 g/mol. The number of halogens is 1. The SMILES string of the molecule is Cc1cc(Cl)ccc1O[C@@H](C)C(=O)Nc1ccccc1[N+](=O)[O-]. The van der Waals surface area contributed by atoms with E-state index >= 15 is 0 Å².